The largest absolute Gasteiger partial charge is 0.350 e. The Morgan fingerprint density at radius 1 is 1.19 bits per heavy atom. The molecule has 0 aliphatic heterocycles. The highest BCUT2D eigenvalue weighted by atomic mass is 32.2. The molecule has 6 heteroatoms. The topological polar surface area (TPSA) is 89.3 Å². The third-order valence-electron chi connectivity index (χ3n) is 3.23. The molecular formula is C15H24N2O3S. The van der Waals surface area contributed by atoms with Gasteiger partial charge in [0.1, 0.15) is 0 Å². The zero-order chi connectivity index (χ0) is 16.0. The second kappa shape index (κ2) is 7.56. The molecule has 1 aromatic rings. The second-order valence-electron chi connectivity index (χ2n) is 5.74. The van der Waals surface area contributed by atoms with Crippen molar-refractivity contribution < 1.29 is 13.2 Å². The first-order valence-corrected chi connectivity index (χ1v) is 8.69. The van der Waals surface area contributed by atoms with Crippen molar-refractivity contribution in [2.24, 2.45) is 11.1 Å². The molecule has 0 radical (unpaired) electrons. The fraction of sp³-hybridized carbons (Fsp3) is 0.533. The van der Waals surface area contributed by atoms with Crippen molar-refractivity contribution in [3.8, 4) is 0 Å². The highest BCUT2D eigenvalue weighted by molar-refractivity contribution is 7.89. The quantitative estimate of drug-likeness (QED) is 0.809. The number of benzene rings is 1. The molecule has 1 aromatic carbocycles. The lowest BCUT2D eigenvalue weighted by molar-refractivity contribution is 0.0934. The number of carbonyl (C=O) groups is 1. The number of rotatable bonds is 7. The van der Waals surface area contributed by atoms with Gasteiger partial charge in [-0.1, -0.05) is 38.8 Å². The van der Waals surface area contributed by atoms with E-state index in [1.807, 2.05) is 6.92 Å². The molecule has 118 valence electrons. The monoisotopic (exact) mass is 312 g/mol. The molecule has 1 rings (SSSR count). The summed E-state index contributed by atoms with van der Waals surface area (Å²) in [5, 5.41) is 7.96. The molecule has 5 nitrogen and oxygen atoms in total. The SMILES string of the molecule is CC(C)CCCC(C)NC(=O)c1ccccc1S(N)(=O)=O. The first-order valence-electron chi connectivity index (χ1n) is 7.14. The van der Waals surface area contributed by atoms with E-state index in [4.69, 9.17) is 5.14 Å². The fourth-order valence-electron chi connectivity index (χ4n) is 2.11. The Labute approximate surface area is 127 Å². The van der Waals surface area contributed by atoms with Crippen LogP contribution in [0.5, 0.6) is 0 Å². The van der Waals surface area contributed by atoms with E-state index in [0.717, 1.165) is 19.3 Å². The molecule has 0 saturated carbocycles. The molecule has 1 atom stereocenters. The van der Waals surface area contributed by atoms with Gasteiger partial charge in [-0.2, -0.15) is 0 Å². The Bertz CT molecular complexity index is 582. The standard InChI is InChI=1S/C15H24N2O3S/c1-11(2)7-6-8-12(3)17-15(18)13-9-4-5-10-14(13)21(16,19)20/h4-5,9-12H,6-8H2,1-3H3,(H,17,18)(H2,16,19,20). The highest BCUT2D eigenvalue weighted by Crippen LogP contribution is 2.14. The van der Waals surface area contributed by atoms with Crippen molar-refractivity contribution in [3.05, 3.63) is 29.8 Å². The van der Waals surface area contributed by atoms with Crippen molar-refractivity contribution in [3.63, 3.8) is 0 Å². The van der Waals surface area contributed by atoms with Crippen molar-refractivity contribution in [2.45, 2.75) is 51.0 Å². The van der Waals surface area contributed by atoms with Gasteiger partial charge in [0.25, 0.3) is 5.91 Å². The van der Waals surface area contributed by atoms with Crippen LogP contribution in [-0.2, 0) is 10.0 Å². The summed E-state index contributed by atoms with van der Waals surface area (Å²) in [5.41, 5.74) is 0.0932. The van der Waals surface area contributed by atoms with Crippen LogP contribution in [0.3, 0.4) is 0 Å². The smallest absolute Gasteiger partial charge is 0.252 e. The van der Waals surface area contributed by atoms with Crippen LogP contribution in [0.2, 0.25) is 0 Å². The maximum absolute atomic E-state index is 12.2. The number of hydrogen-bond acceptors (Lipinski definition) is 3. The van der Waals surface area contributed by atoms with Gasteiger partial charge in [0, 0.05) is 6.04 Å². The second-order valence-corrected chi connectivity index (χ2v) is 7.27. The van der Waals surface area contributed by atoms with Crippen LogP contribution >= 0.6 is 0 Å². The lowest BCUT2D eigenvalue weighted by Gasteiger charge is -2.15. The summed E-state index contributed by atoms with van der Waals surface area (Å²) in [6.07, 6.45) is 2.99. The van der Waals surface area contributed by atoms with E-state index in [0.29, 0.717) is 5.92 Å². The van der Waals surface area contributed by atoms with Gasteiger partial charge in [0.05, 0.1) is 10.5 Å². The van der Waals surface area contributed by atoms with Crippen LogP contribution in [0.15, 0.2) is 29.2 Å². The molecule has 0 fully saturated rings. The van der Waals surface area contributed by atoms with E-state index < -0.39 is 15.9 Å². The minimum absolute atomic E-state index is 0.00946. The number of sulfonamides is 1. The Kier molecular flexibility index (Phi) is 6.36. The predicted molar refractivity (Wildman–Crippen MR) is 83.4 cm³/mol. The Hall–Kier alpha value is -1.40. The maximum atomic E-state index is 12.2. The summed E-state index contributed by atoms with van der Waals surface area (Å²) >= 11 is 0. The van der Waals surface area contributed by atoms with Crippen LogP contribution in [0.25, 0.3) is 0 Å². The van der Waals surface area contributed by atoms with Crippen LogP contribution in [-0.4, -0.2) is 20.4 Å². The van der Waals surface area contributed by atoms with Gasteiger partial charge >= 0.3 is 0 Å². The third kappa shape index (κ3) is 5.85. The summed E-state index contributed by atoms with van der Waals surface area (Å²) < 4.78 is 23.0. The maximum Gasteiger partial charge on any atom is 0.252 e. The summed E-state index contributed by atoms with van der Waals surface area (Å²) in [5.74, 6) is 0.229. The zero-order valence-electron chi connectivity index (χ0n) is 12.8. The Morgan fingerprint density at radius 2 is 1.81 bits per heavy atom. The number of hydrogen-bond donors (Lipinski definition) is 2. The van der Waals surface area contributed by atoms with E-state index in [1.165, 1.54) is 12.1 Å². The van der Waals surface area contributed by atoms with Crippen LogP contribution in [0.4, 0.5) is 0 Å². The van der Waals surface area contributed by atoms with E-state index in [1.54, 1.807) is 12.1 Å². The van der Waals surface area contributed by atoms with E-state index in [-0.39, 0.29) is 16.5 Å². The lowest BCUT2D eigenvalue weighted by atomic mass is 10.0. The molecule has 1 unspecified atom stereocenters. The number of nitrogens with two attached hydrogens (primary N) is 1. The lowest BCUT2D eigenvalue weighted by Crippen LogP contribution is -2.33. The molecule has 0 spiro atoms. The van der Waals surface area contributed by atoms with Gasteiger partial charge in [-0.25, -0.2) is 13.6 Å². The van der Waals surface area contributed by atoms with Crippen LogP contribution < -0.4 is 10.5 Å². The molecular weight excluding hydrogens is 288 g/mol. The minimum Gasteiger partial charge on any atom is -0.350 e. The predicted octanol–water partition coefficient (Wildman–Crippen LogP) is 2.28. The first kappa shape index (κ1) is 17.7. The molecule has 21 heavy (non-hydrogen) atoms. The highest BCUT2D eigenvalue weighted by Gasteiger charge is 2.19. The molecule has 0 aromatic heterocycles. The van der Waals surface area contributed by atoms with Gasteiger partial charge in [-0.05, 0) is 31.4 Å². The van der Waals surface area contributed by atoms with Gasteiger partial charge in [0.2, 0.25) is 10.0 Å². The number of carbonyl (C=O) groups excluding carboxylic acids is 1. The molecule has 0 aliphatic carbocycles. The summed E-state index contributed by atoms with van der Waals surface area (Å²) in [6.45, 7) is 6.23. The Morgan fingerprint density at radius 3 is 2.38 bits per heavy atom. The van der Waals surface area contributed by atoms with Crippen LogP contribution in [0, 0.1) is 5.92 Å². The zero-order valence-corrected chi connectivity index (χ0v) is 13.6. The normalized spacial score (nSPS) is 13.2. The molecule has 0 heterocycles. The van der Waals surface area contributed by atoms with Gasteiger partial charge in [0.15, 0.2) is 0 Å². The molecule has 0 bridgehead atoms. The van der Waals surface area contributed by atoms with Crippen molar-refractivity contribution in [1.29, 1.82) is 0 Å². The van der Waals surface area contributed by atoms with E-state index >= 15 is 0 Å². The third-order valence-corrected chi connectivity index (χ3v) is 4.20. The average molecular weight is 312 g/mol. The van der Waals surface area contributed by atoms with Crippen LogP contribution in [0.1, 0.15) is 50.4 Å². The summed E-state index contributed by atoms with van der Waals surface area (Å²) in [7, 11) is -3.90. The van der Waals surface area contributed by atoms with E-state index in [9.17, 15) is 13.2 Å². The number of nitrogens with one attached hydrogen (secondary N) is 1. The van der Waals surface area contributed by atoms with Crippen molar-refractivity contribution >= 4 is 15.9 Å². The van der Waals surface area contributed by atoms with Gasteiger partial charge in [-0.15, -0.1) is 0 Å². The summed E-state index contributed by atoms with van der Waals surface area (Å²) in [4.78, 5) is 12.0. The molecule has 3 N–H and O–H groups in total. The first-order chi connectivity index (χ1) is 9.71. The van der Waals surface area contributed by atoms with Gasteiger partial charge in [-0.3, -0.25) is 4.79 Å². The minimum atomic E-state index is -3.90. The van der Waals surface area contributed by atoms with Crippen molar-refractivity contribution in [2.75, 3.05) is 0 Å². The number of primary sulfonamides is 1. The molecule has 0 aliphatic rings. The number of amides is 1. The van der Waals surface area contributed by atoms with E-state index in [2.05, 4.69) is 19.2 Å². The Balaban J connectivity index is 2.72. The average Bonchev–Trinajstić information content (AvgIpc) is 2.37. The fourth-order valence-corrected chi connectivity index (χ4v) is 2.84. The summed E-state index contributed by atoms with van der Waals surface area (Å²) in [6, 6.07) is 5.96. The van der Waals surface area contributed by atoms with Gasteiger partial charge < -0.3 is 5.32 Å². The molecule has 1 amide bonds. The molecule has 0 saturated heterocycles. The van der Waals surface area contributed by atoms with Crippen molar-refractivity contribution in [1.82, 2.24) is 5.32 Å².